The molecule has 55 heavy (non-hydrogen) atoms. The van der Waals surface area contributed by atoms with E-state index in [1.54, 1.807) is 20.8 Å². The van der Waals surface area contributed by atoms with Gasteiger partial charge in [0.15, 0.2) is 5.78 Å². The van der Waals surface area contributed by atoms with Crippen molar-refractivity contribution in [3.05, 3.63) is 11.1 Å². The lowest BCUT2D eigenvalue weighted by atomic mass is 9.33. The number of aliphatic hydroxyl groups is 1. The van der Waals surface area contributed by atoms with Crippen LogP contribution in [0.2, 0.25) is 0 Å². The molecule has 310 valence electrons. The van der Waals surface area contributed by atoms with Gasteiger partial charge in [-0.25, -0.2) is 0 Å². The summed E-state index contributed by atoms with van der Waals surface area (Å²) in [6.45, 7) is 23.9. The van der Waals surface area contributed by atoms with Crippen LogP contribution in [0.25, 0.3) is 0 Å². The summed E-state index contributed by atoms with van der Waals surface area (Å²) >= 11 is 0. The lowest BCUT2D eigenvalue weighted by Crippen LogP contribution is -2.66. The molecule has 3 N–H and O–H groups in total. The summed E-state index contributed by atoms with van der Waals surface area (Å²) in [5.74, 6) is 0.597. The summed E-state index contributed by atoms with van der Waals surface area (Å²) in [7, 11) is 0. The van der Waals surface area contributed by atoms with Crippen LogP contribution in [0.5, 0.6) is 0 Å². The van der Waals surface area contributed by atoms with Crippen LogP contribution in [0.4, 0.5) is 0 Å². The molecule has 6 aliphatic rings. The number of nitrogens with zero attached hydrogens (tertiary/aromatic N) is 1. The monoisotopic (exact) mass is 767 g/mol. The molecule has 0 aromatic carbocycles. The number of esters is 1. The van der Waals surface area contributed by atoms with E-state index < -0.39 is 28.9 Å². The Hall–Kier alpha value is -2.26. The fraction of sp³-hybridized carbons (Fsp3) is 0.870. The average Bonchev–Trinajstić information content (AvgIpc) is 3.37. The number of carboxylic acids is 1. The molecule has 0 unspecified atom stereocenters. The number of Topliss-reactive ketones (excluding diaryl/α,β-unsaturated/α-hetero) is 1. The number of nitrogens with one attached hydrogen (secondary N) is 1. The zero-order valence-electron chi connectivity index (χ0n) is 35.9. The number of hydrogen-bond donors (Lipinski definition) is 3. The van der Waals surface area contributed by atoms with Crippen molar-refractivity contribution in [1.82, 2.24) is 10.2 Å². The quantitative estimate of drug-likeness (QED) is 0.161. The number of carbonyl (C=O) groups excluding carboxylic acids is 3. The maximum Gasteiger partial charge on any atom is 0.309 e. The summed E-state index contributed by atoms with van der Waals surface area (Å²) in [6, 6.07) is 0. The van der Waals surface area contributed by atoms with Gasteiger partial charge in [0, 0.05) is 50.4 Å². The molecule has 0 spiro atoms. The molecule has 0 radical (unpaired) electrons. The predicted octanol–water partition coefficient (Wildman–Crippen LogP) is 7.98. The van der Waals surface area contributed by atoms with Crippen molar-refractivity contribution in [2.45, 2.75) is 165 Å². The van der Waals surface area contributed by atoms with Gasteiger partial charge in [-0.05, 0) is 129 Å². The predicted molar refractivity (Wildman–Crippen MR) is 214 cm³/mol. The minimum absolute atomic E-state index is 0.0277. The average molecular weight is 767 g/mol. The molecule has 9 nitrogen and oxygen atoms in total. The highest BCUT2D eigenvalue weighted by atomic mass is 16.5. The third-order valence-electron chi connectivity index (χ3n) is 17.5. The summed E-state index contributed by atoms with van der Waals surface area (Å²) in [4.78, 5) is 53.3. The van der Waals surface area contributed by atoms with Gasteiger partial charge in [-0.1, -0.05) is 60.5 Å². The van der Waals surface area contributed by atoms with Gasteiger partial charge < -0.3 is 20.3 Å². The first-order valence-electron chi connectivity index (χ1n) is 21.9. The minimum Gasteiger partial charge on any atom is -0.481 e. The minimum atomic E-state index is -1.17. The van der Waals surface area contributed by atoms with Crippen molar-refractivity contribution < 1.29 is 34.1 Å². The highest BCUT2D eigenvalue weighted by molar-refractivity contribution is 6.00. The molecular weight excluding hydrogens is 693 g/mol. The molecular formula is C46H74N2O7. The van der Waals surface area contributed by atoms with Crippen LogP contribution in [0.15, 0.2) is 11.1 Å². The Morgan fingerprint density at radius 2 is 1.62 bits per heavy atom. The number of allylic oxidation sites excluding steroid dienone is 1. The summed E-state index contributed by atoms with van der Waals surface area (Å²) in [6.07, 6.45) is 10.8. The van der Waals surface area contributed by atoms with Crippen LogP contribution >= 0.6 is 0 Å². The molecule has 0 heterocycles. The van der Waals surface area contributed by atoms with E-state index in [4.69, 9.17) is 4.74 Å². The zero-order valence-corrected chi connectivity index (χ0v) is 35.9. The molecule has 0 aliphatic heterocycles. The van der Waals surface area contributed by atoms with Crippen LogP contribution in [0.3, 0.4) is 0 Å². The van der Waals surface area contributed by atoms with Gasteiger partial charge >= 0.3 is 11.9 Å². The molecule has 0 bridgehead atoms. The molecule has 9 heteroatoms. The van der Waals surface area contributed by atoms with E-state index in [9.17, 15) is 29.4 Å². The lowest BCUT2D eigenvalue weighted by Gasteiger charge is -2.72. The van der Waals surface area contributed by atoms with Crippen molar-refractivity contribution in [3.63, 3.8) is 0 Å². The van der Waals surface area contributed by atoms with Crippen molar-refractivity contribution in [3.8, 4) is 0 Å². The van der Waals surface area contributed by atoms with Gasteiger partial charge in [-0.3, -0.25) is 24.1 Å². The number of aliphatic carboxylic acids is 1. The number of carboxylic acid groups (broad SMARTS) is 1. The number of carbonyl (C=O) groups is 4. The van der Waals surface area contributed by atoms with Crippen molar-refractivity contribution in [2.24, 2.45) is 62.1 Å². The molecule has 0 aromatic heterocycles. The number of amides is 1. The molecule has 0 saturated heterocycles. The number of hydrogen-bond acceptors (Lipinski definition) is 7. The first-order valence-corrected chi connectivity index (χ1v) is 21.9. The van der Waals surface area contributed by atoms with E-state index >= 15 is 0 Å². The molecule has 9 atom stereocenters. The molecule has 6 aliphatic carbocycles. The number of fused-ring (bicyclic) bond motifs is 7. The van der Waals surface area contributed by atoms with E-state index in [0.717, 1.165) is 63.5 Å². The Bertz CT molecular complexity index is 1560. The van der Waals surface area contributed by atoms with Gasteiger partial charge in [0.05, 0.1) is 17.9 Å². The number of ether oxygens (including phenoxy) is 1. The van der Waals surface area contributed by atoms with Gasteiger partial charge in [-0.2, -0.15) is 0 Å². The largest absolute Gasteiger partial charge is 0.481 e. The van der Waals surface area contributed by atoms with Crippen molar-refractivity contribution >= 4 is 23.6 Å². The van der Waals surface area contributed by atoms with E-state index in [-0.39, 0.29) is 57.7 Å². The van der Waals surface area contributed by atoms with Crippen LogP contribution in [0.1, 0.15) is 153 Å². The third-order valence-corrected chi connectivity index (χ3v) is 17.5. The first kappa shape index (κ1) is 42.3. The Kier molecular flexibility index (Phi) is 11.4. The fourth-order valence-corrected chi connectivity index (χ4v) is 14.0. The van der Waals surface area contributed by atoms with Gasteiger partial charge in [-0.15, -0.1) is 0 Å². The summed E-state index contributed by atoms with van der Waals surface area (Å²) < 4.78 is 6.18. The normalized spacial score (nSPS) is 37.7. The highest BCUT2D eigenvalue weighted by Crippen LogP contribution is 2.77. The van der Waals surface area contributed by atoms with Gasteiger partial charge in [0.1, 0.15) is 6.10 Å². The topological polar surface area (TPSA) is 133 Å². The van der Waals surface area contributed by atoms with Crippen molar-refractivity contribution in [2.75, 3.05) is 26.2 Å². The fourth-order valence-electron chi connectivity index (χ4n) is 14.0. The third kappa shape index (κ3) is 7.05. The summed E-state index contributed by atoms with van der Waals surface area (Å²) in [5.41, 5.74) is 0.392. The second-order valence-corrected chi connectivity index (χ2v) is 21.6. The van der Waals surface area contributed by atoms with Gasteiger partial charge in [0.2, 0.25) is 5.91 Å². The van der Waals surface area contributed by atoms with E-state index in [2.05, 4.69) is 58.7 Å². The number of ketones is 1. The molecule has 0 aromatic rings. The zero-order chi connectivity index (χ0) is 40.5. The molecule has 5 fully saturated rings. The van der Waals surface area contributed by atoms with E-state index in [1.807, 2.05) is 0 Å². The maximum atomic E-state index is 14.2. The number of rotatable bonds is 13. The van der Waals surface area contributed by atoms with Crippen LogP contribution < -0.4 is 5.32 Å². The first-order chi connectivity index (χ1) is 25.5. The Morgan fingerprint density at radius 1 is 0.927 bits per heavy atom. The molecule has 6 rings (SSSR count). The standard InChI is InChI=1S/C46H74N2O7/c1-28(2)38-32(50)24-46(35(51)27-48(23-22-47-29(3)49)26-30-12-11-13-30)21-20-44(9)31(39(38)46)14-15-34-43(8)18-17-36(55-37(52)25-41(4,5)40(53)54)42(6,7)33(43)16-19-45(34,44)10/h28,30-31,33-36,51H,11-27H2,1-10H3,(H,47,49)(H,53,54)/t31-,33+,34-,35+,36+,43+,44-,45-,46+/m1/s1. The van der Waals surface area contributed by atoms with Crippen LogP contribution in [-0.2, 0) is 23.9 Å². The number of aliphatic hydroxyl groups excluding tert-OH is 1. The lowest BCUT2D eigenvalue weighted by molar-refractivity contribution is -0.235. The SMILES string of the molecule is CC(=O)NCCN(CC1CCC1)C[C@H](O)[C@@]12CC[C@]3(C)[C@H](CC[C@@H]4[C@@]5(C)CC[C@H](OC(=O)CC(C)(C)C(=O)O)C(C)(C)[C@@H]5CC[C@]43C)C1=C(C(C)C)C(=O)C2. The second-order valence-electron chi connectivity index (χ2n) is 21.6. The second kappa shape index (κ2) is 14.8. The Labute approximate surface area is 331 Å². The smallest absolute Gasteiger partial charge is 0.309 e. The highest BCUT2D eigenvalue weighted by Gasteiger charge is 2.71. The van der Waals surface area contributed by atoms with Crippen LogP contribution in [-0.4, -0.2) is 77.1 Å². The summed E-state index contributed by atoms with van der Waals surface area (Å²) in [5, 5.41) is 25.2. The Morgan fingerprint density at radius 3 is 2.22 bits per heavy atom. The van der Waals surface area contributed by atoms with E-state index in [1.165, 1.54) is 24.8 Å². The molecule has 5 saturated carbocycles. The van der Waals surface area contributed by atoms with Crippen LogP contribution in [0, 0.1) is 62.1 Å². The molecule has 1 amide bonds. The van der Waals surface area contributed by atoms with Crippen molar-refractivity contribution in [1.29, 1.82) is 0 Å². The van der Waals surface area contributed by atoms with Gasteiger partial charge in [0.25, 0.3) is 0 Å². The Balaban J connectivity index is 1.27. The van der Waals surface area contributed by atoms with E-state index in [0.29, 0.717) is 43.8 Å². The maximum absolute atomic E-state index is 14.2.